The van der Waals surface area contributed by atoms with E-state index in [4.69, 9.17) is 11.6 Å². The molecule has 2 amide bonds. The smallest absolute Gasteiger partial charge is 0.321 e. The van der Waals surface area contributed by atoms with Crippen LogP contribution >= 0.6 is 11.6 Å². The number of hydrogen-bond acceptors (Lipinski definition) is 1. The normalized spacial score (nSPS) is 14.7. The molecule has 0 unspecified atom stereocenters. The molecule has 0 saturated carbocycles. The Morgan fingerprint density at radius 1 is 0.967 bits per heavy atom. The van der Waals surface area contributed by atoms with Gasteiger partial charge in [0.15, 0.2) is 0 Å². The first-order valence-electron chi connectivity index (χ1n) is 9.00. The summed E-state index contributed by atoms with van der Waals surface area (Å²) in [7, 11) is 0. The van der Waals surface area contributed by atoms with Crippen LogP contribution in [0, 0.1) is 0 Å². The second-order valence-corrected chi connectivity index (χ2v) is 7.07. The summed E-state index contributed by atoms with van der Waals surface area (Å²) in [6.07, 6.45) is -4.54. The maximum atomic E-state index is 13.6. The number of fused-ring (bicyclic) bond motifs is 1. The molecule has 0 saturated heterocycles. The molecule has 1 heterocycles. The van der Waals surface area contributed by atoms with Crippen molar-refractivity contribution in [2.75, 3.05) is 10.2 Å². The van der Waals surface area contributed by atoms with Gasteiger partial charge >= 0.3 is 12.2 Å². The Morgan fingerprint density at radius 2 is 1.63 bits per heavy atom. The number of para-hydroxylation sites is 1. The molecular weight excluding hydrogens is 415 g/mol. The number of amides is 2. The number of aliphatic imine (C=N–C) groups is 1. The highest BCUT2D eigenvalue weighted by Crippen LogP contribution is 2.39. The van der Waals surface area contributed by atoms with Gasteiger partial charge in [0, 0.05) is 16.3 Å². The molecule has 0 spiro atoms. The zero-order valence-corrected chi connectivity index (χ0v) is 16.2. The highest BCUT2D eigenvalue weighted by atomic mass is 35.5. The Morgan fingerprint density at radius 3 is 2.37 bits per heavy atom. The number of halogens is 4. The van der Waals surface area contributed by atoms with Crippen LogP contribution in [0.2, 0.25) is 5.02 Å². The molecule has 1 aliphatic heterocycles. The van der Waals surface area contributed by atoms with E-state index in [1.807, 2.05) is 0 Å². The first-order chi connectivity index (χ1) is 14.3. The van der Waals surface area contributed by atoms with E-state index >= 15 is 0 Å². The number of urea groups is 1. The summed E-state index contributed by atoms with van der Waals surface area (Å²) in [5.74, 6) is 0.161. The molecule has 0 radical (unpaired) electrons. The summed E-state index contributed by atoms with van der Waals surface area (Å²) < 4.78 is 40.8. The molecule has 4 rings (SSSR count). The zero-order chi connectivity index (χ0) is 21.3. The van der Waals surface area contributed by atoms with Crippen molar-refractivity contribution in [2.45, 2.75) is 12.7 Å². The monoisotopic (exact) mass is 429 g/mol. The van der Waals surface area contributed by atoms with Gasteiger partial charge in [-0.1, -0.05) is 48.0 Å². The van der Waals surface area contributed by atoms with E-state index in [9.17, 15) is 18.0 Å². The quantitative estimate of drug-likeness (QED) is 0.515. The van der Waals surface area contributed by atoms with Crippen LogP contribution in [0.5, 0.6) is 0 Å². The maximum Gasteiger partial charge on any atom is 0.418 e. The SMILES string of the molecule is O=C(N=C1c2ccccc2CN1c1ccccc1C(F)(F)F)Nc1ccc(Cl)cc1. The van der Waals surface area contributed by atoms with Crippen molar-refractivity contribution in [1.82, 2.24) is 0 Å². The van der Waals surface area contributed by atoms with E-state index < -0.39 is 17.8 Å². The van der Waals surface area contributed by atoms with E-state index in [1.54, 1.807) is 48.5 Å². The highest BCUT2D eigenvalue weighted by Gasteiger charge is 2.37. The van der Waals surface area contributed by atoms with Gasteiger partial charge in [-0.05, 0) is 42.0 Å². The lowest BCUT2D eigenvalue weighted by Crippen LogP contribution is -2.28. The highest BCUT2D eigenvalue weighted by molar-refractivity contribution is 6.30. The molecular formula is C22H15ClF3N3O. The third kappa shape index (κ3) is 4.02. The number of alkyl halides is 3. The Hall–Kier alpha value is -3.32. The summed E-state index contributed by atoms with van der Waals surface area (Å²) in [5.41, 5.74) is 1.03. The zero-order valence-electron chi connectivity index (χ0n) is 15.4. The Labute approximate surface area is 175 Å². The lowest BCUT2D eigenvalue weighted by atomic mass is 10.1. The van der Waals surface area contributed by atoms with Gasteiger partial charge in [0.05, 0.1) is 17.8 Å². The molecule has 1 N–H and O–H groups in total. The maximum absolute atomic E-state index is 13.6. The Bertz CT molecular complexity index is 1130. The third-order valence-electron chi connectivity index (χ3n) is 4.65. The minimum atomic E-state index is -4.54. The predicted octanol–water partition coefficient (Wildman–Crippen LogP) is 6.36. The van der Waals surface area contributed by atoms with Crippen molar-refractivity contribution in [1.29, 1.82) is 0 Å². The lowest BCUT2D eigenvalue weighted by Gasteiger charge is -2.23. The number of rotatable bonds is 2. The summed E-state index contributed by atoms with van der Waals surface area (Å²) in [6.45, 7) is 0.177. The molecule has 8 heteroatoms. The van der Waals surface area contributed by atoms with Gasteiger partial charge in [0.25, 0.3) is 0 Å². The number of benzene rings is 3. The van der Waals surface area contributed by atoms with Gasteiger partial charge in [0.2, 0.25) is 0 Å². The van der Waals surface area contributed by atoms with Gasteiger partial charge in [-0.15, -0.1) is 0 Å². The molecule has 0 fully saturated rings. The second kappa shape index (κ2) is 7.84. The number of nitrogens with one attached hydrogen (secondary N) is 1. The lowest BCUT2D eigenvalue weighted by molar-refractivity contribution is -0.137. The van der Waals surface area contributed by atoms with Crippen molar-refractivity contribution in [3.05, 3.63) is 94.5 Å². The van der Waals surface area contributed by atoms with E-state index in [-0.39, 0.29) is 18.1 Å². The van der Waals surface area contributed by atoms with Crippen LogP contribution in [-0.2, 0) is 12.7 Å². The third-order valence-corrected chi connectivity index (χ3v) is 4.90. The largest absolute Gasteiger partial charge is 0.418 e. The molecule has 3 aromatic rings. The van der Waals surface area contributed by atoms with Gasteiger partial charge in [-0.2, -0.15) is 18.2 Å². The van der Waals surface area contributed by atoms with E-state index in [0.29, 0.717) is 16.3 Å². The summed E-state index contributed by atoms with van der Waals surface area (Å²) in [5, 5.41) is 3.12. The molecule has 3 aromatic carbocycles. The molecule has 4 nitrogen and oxygen atoms in total. The predicted molar refractivity (Wildman–Crippen MR) is 111 cm³/mol. The Kier molecular flexibility index (Phi) is 5.22. The number of carbonyl (C=O) groups excluding carboxylic acids is 1. The van der Waals surface area contributed by atoms with Crippen molar-refractivity contribution in [3.8, 4) is 0 Å². The summed E-state index contributed by atoms with van der Waals surface area (Å²) >= 11 is 5.84. The Balaban J connectivity index is 1.74. The fraction of sp³-hybridized carbons (Fsp3) is 0.0909. The molecule has 0 atom stereocenters. The average Bonchev–Trinajstić information content (AvgIpc) is 3.07. The van der Waals surface area contributed by atoms with Gasteiger partial charge in [-0.3, -0.25) is 0 Å². The minimum absolute atomic E-state index is 0.0563. The van der Waals surface area contributed by atoms with Crippen LogP contribution in [0.15, 0.2) is 77.8 Å². The number of amidine groups is 1. The molecule has 0 bridgehead atoms. The molecule has 30 heavy (non-hydrogen) atoms. The van der Waals surface area contributed by atoms with Crippen molar-refractivity contribution in [2.24, 2.45) is 4.99 Å². The van der Waals surface area contributed by atoms with Crippen LogP contribution in [0.3, 0.4) is 0 Å². The fourth-order valence-electron chi connectivity index (χ4n) is 3.32. The number of anilines is 2. The fourth-order valence-corrected chi connectivity index (χ4v) is 3.44. The van der Waals surface area contributed by atoms with Crippen LogP contribution < -0.4 is 10.2 Å². The van der Waals surface area contributed by atoms with Crippen molar-refractivity contribution < 1.29 is 18.0 Å². The molecule has 152 valence electrons. The average molecular weight is 430 g/mol. The van der Waals surface area contributed by atoms with E-state index in [1.165, 1.54) is 23.1 Å². The van der Waals surface area contributed by atoms with Crippen molar-refractivity contribution in [3.63, 3.8) is 0 Å². The molecule has 0 aliphatic carbocycles. The van der Waals surface area contributed by atoms with Crippen LogP contribution in [-0.4, -0.2) is 11.9 Å². The summed E-state index contributed by atoms with van der Waals surface area (Å²) in [6, 6.07) is 18.1. The number of carbonyl (C=O) groups is 1. The van der Waals surface area contributed by atoms with Gasteiger partial charge < -0.3 is 10.2 Å². The van der Waals surface area contributed by atoms with Gasteiger partial charge in [-0.25, -0.2) is 4.79 Å². The van der Waals surface area contributed by atoms with Gasteiger partial charge in [0.1, 0.15) is 5.84 Å². The first kappa shape index (κ1) is 20.0. The first-order valence-corrected chi connectivity index (χ1v) is 9.38. The van der Waals surface area contributed by atoms with Crippen LogP contribution in [0.1, 0.15) is 16.7 Å². The minimum Gasteiger partial charge on any atom is -0.321 e. The second-order valence-electron chi connectivity index (χ2n) is 6.63. The number of hydrogen-bond donors (Lipinski definition) is 1. The van der Waals surface area contributed by atoms with E-state index in [0.717, 1.165) is 11.6 Å². The van der Waals surface area contributed by atoms with Crippen molar-refractivity contribution >= 4 is 34.8 Å². The van der Waals surface area contributed by atoms with E-state index in [2.05, 4.69) is 10.3 Å². The topological polar surface area (TPSA) is 44.7 Å². The standard InChI is InChI=1S/C22H15ClF3N3O/c23-15-9-11-16(12-10-15)27-21(30)28-20-17-6-2-1-5-14(17)13-29(20)19-8-4-3-7-18(19)22(24,25)26/h1-12H,13H2,(H,27,30). The molecule has 1 aliphatic rings. The summed E-state index contributed by atoms with van der Waals surface area (Å²) in [4.78, 5) is 18.1. The van der Waals surface area contributed by atoms with Crippen LogP contribution in [0.25, 0.3) is 0 Å². The molecule has 0 aromatic heterocycles. The van der Waals surface area contributed by atoms with Crippen LogP contribution in [0.4, 0.5) is 29.3 Å². The number of nitrogens with zero attached hydrogens (tertiary/aromatic N) is 2.